The van der Waals surface area contributed by atoms with Crippen LogP contribution in [0.25, 0.3) is 0 Å². The highest BCUT2D eigenvalue weighted by molar-refractivity contribution is 5.70. The van der Waals surface area contributed by atoms with Gasteiger partial charge in [0.25, 0.3) is 0 Å². The van der Waals surface area contributed by atoms with Gasteiger partial charge in [0.05, 0.1) is 0 Å². The number of unbranched alkanes of at least 4 members (excludes halogenated alkanes) is 15. The summed E-state index contributed by atoms with van der Waals surface area (Å²) in [7, 11) is 0. The summed E-state index contributed by atoms with van der Waals surface area (Å²) in [5, 5.41) is 0. The van der Waals surface area contributed by atoms with Gasteiger partial charge in [-0.1, -0.05) is 167 Å². The molecule has 62 heavy (non-hydrogen) atoms. The molecule has 8 heteroatoms. The van der Waals surface area contributed by atoms with E-state index in [-0.39, 0.29) is 23.8 Å². The van der Waals surface area contributed by atoms with Gasteiger partial charge in [-0.2, -0.15) is 0 Å². The Hall–Kier alpha value is -1.22. The molecule has 8 N–H and O–H groups in total. The van der Waals surface area contributed by atoms with Gasteiger partial charge in [-0.05, 0) is 102 Å². The van der Waals surface area contributed by atoms with Crippen molar-refractivity contribution in [3.63, 3.8) is 0 Å². The molecule has 8 nitrogen and oxygen atoms in total. The zero-order valence-electron chi connectivity index (χ0n) is 40.5. The number of hydrogen-bond acceptors (Lipinski definition) is 8. The van der Waals surface area contributed by atoms with Crippen molar-refractivity contribution >= 4 is 11.9 Å². The number of nitrogens with two attached hydrogens (primary N) is 4. The predicted molar refractivity (Wildman–Crippen MR) is 259 cm³/mol. The Balaban J connectivity index is 1.03. The molecule has 0 aromatic carbocycles. The largest absolute Gasteiger partial charge is 0.444 e. The summed E-state index contributed by atoms with van der Waals surface area (Å²) < 4.78 is 12.4. The van der Waals surface area contributed by atoms with Crippen LogP contribution < -0.4 is 22.9 Å². The van der Waals surface area contributed by atoms with Crippen LogP contribution in [0.3, 0.4) is 0 Å². The maximum atomic E-state index is 13.1. The van der Waals surface area contributed by atoms with Crippen molar-refractivity contribution in [3.8, 4) is 0 Å². The Kier molecular flexibility index (Phi) is 27.3. The van der Waals surface area contributed by atoms with E-state index >= 15 is 0 Å². The molecule has 4 atom stereocenters. The van der Waals surface area contributed by atoms with Gasteiger partial charge in [0, 0.05) is 49.6 Å². The standard InChI is InChI=1S/C54H102N4O4/c55-49(45-31-17-13-18-32-45)39-25-7-3-5-11-29-43-53(57,47-35-21-15-22-36-47)61-51(59)41-27-9-1-2-10-28-42-52(60)62-54(58,48-37-23-16-24-38-48)44-30-12-6-4-8-26-40-50(56)46-33-19-14-20-34-46/h45-50H,1-44,55-58H2. The summed E-state index contributed by atoms with van der Waals surface area (Å²) in [5.74, 6) is 1.83. The topological polar surface area (TPSA) is 157 Å². The number of rotatable bonds is 33. The van der Waals surface area contributed by atoms with Gasteiger partial charge in [-0.3, -0.25) is 21.1 Å². The molecule has 0 saturated heterocycles. The summed E-state index contributed by atoms with van der Waals surface area (Å²) in [6, 6.07) is 0.799. The van der Waals surface area contributed by atoms with E-state index in [1.807, 2.05) is 0 Å². The predicted octanol–water partition coefficient (Wildman–Crippen LogP) is 13.7. The lowest BCUT2D eigenvalue weighted by molar-refractivity contribution is -0.170. The summed E-state index contributed by atoms with van der Waals surface area (Å²) in [6.07, 6.45) is 50.1. The third kappa shape index (κ3) is 21.4. The van der Waals surface area contributed by atoms with Crippen molar-refractivity contribution in [1.29, 1.82) is 0 Å². The van der Waals surface area contributed by atoms with Gasteiger partial charge < -0.3 is 20.9 Å². The first-order valence-corrected chi connectivity index (χ1v) is 27.7. The molecular weight excluding hydrogens is 769 g/mol. The van der Waals surface area contributed by atoms with Gasteiger partial charge in [-0.15, -0.1) is 0 Å². The second kappa shape index (κ2) is 31.7. The molecule has 4 aliphatic carbocycles. The van der Waals surface area contributed by atoms with Crippen molar-refractivity contribution < 1.29 is 19.1 Å². The molecule has 0 spiro atoms. The van der Waals surface area contributed by atoms with E-state index in [4.69, 9.17) is 32.4 Å². The molecule has 0 aromatic heterocycles. The zero-order chi connectivity index (χ0) is 44.1. The molecule has 0 amide bonds. The SMILES string of the molecule is NC(CCCCCCCCC(N)(OC(=O)CCCCCCCCC(=O)OC(N)(CCCCCCCCC(N)C1CCCCC1)C1CCCCC1)C1CCCCC1)C1CCCCC1. The molecule has 0 aromatic rings. The molecule has 0 bridgehead atoms. The minimum Gasteiger partial charge on any atom is -0.444 e. The monoisotopic (exact) mass is 871 g/mol. The van der Waals surface area contributed by atoms with Gasteiger partial charge in [0.2, 0.25) is 0 Å². The lowest BCUT2D eigenvalue weighted by Gasteiger charge is -2.39. The van der Waals surface area contributed by atoms with Crippen LogP contribution >= 0.6 is 0 Å². The molecule has 4 unspecified atom stereocenters. The van der Waals surface area contributed by atoms with E-state index in [9.17, 15) is 9.59 Å². The number of carbonyl (C=O) groups excluding carboxylic acids is 2. The van der Waals surface area contributed by atoms with E-state index < -0.39 is 11.4 Å². The van der Waals surface area contributed by atoms with Crippen molar-refractivity contribution in [1.82, 2.24) is 0 Å². The van der Waals surface area contributed by atoms with E-state index in [0.29, 0.717) is 24.9 Å². The number of hydrogen-bond donors (Lipinski definition) is 4. The van der Waals surface area contributed by atoms with Crippen LogP contribution in [0.1, 0.15) is 283 Å². The first-order valence-electron chi connectivity index (χ1n) is 27.7. The molecule has 362 valence electrons. The molecule has 4 aliphatic rings. The average Bonchev–Trinajstić information content (AvgIpc) is 3.30. The van der Waals surface area contributed by atoms with Gasteiger partial charge in [0.15, 0.2) is 11.4 Å². The Morgan fingerprint density at radius 1 is 0.387 bits per heavy atom. The van der Waals surface area contributed by atoms with E-state index in [1.165, 1.54) is 167 Å². The highest BCUT2D eigenvalue weighted by atomic mass is 16.6. The van der Waals surface area contributed by atoms with Crippen LogP contribution in [0.15, 0.2) is 0 Å². The molecule has 0 heterocycles. The fraction of sp³-hybridized carbons (Fsp3) is 0.963. The van der Waals surface area contributed by atoms with Crippen molar-refractivity contribution in [2.75, 3.05) is 0 Å². The molecule has 0 aliphatic heterocycles. The molecule has 0 radical (unpaired) electrons. The van der Waals surface area contributed by atoms with Crippen LogP contribution in [0, 0.1) is 23.7 Å². The first kappa shape index (κ1) is 53.4. The van der Waals surface area contributed by atoms with E-state index in [1.54, 1.807) is 0 Å². The lowest BCUT2D eigenvalue weighted by atomic mass is 9.79. The van der Waals surface area contributed by atoms with Gasteiger partial charge in [0.1, 0.15) is 0 Å². The molecule has 4 fully saturated rings. The van der Waals surface area contributed by atoms with Crippen molar-refractivity contribution in [3.05, 3.63) is 0 Å². The van der Waals surface area contributed by atoms with Crippen molar-refractivity contribution in [2.45, 2.75) is 306 Å². The zero-order valence-corrected chi connectivity index (χ0v) is 40.5. The first-order chi connectivity index (χ1) is 30.2. The number of ether oxygens (including phenoxy) is 2. The Morgan fingerprint density at radius 3 is 1.00 bits per heavy atom. The number of esters is 2. The second-order valence-corrected chi connectivity index (χ2v) is 21.6. The summed E-state index contributed by atoms with van der Waals surface area (Å²) >= 11 is 0. The second-order valence-electron chi connectivity index (χ2n) is 21.6. The van der Waals surface area contributed by atoms with Gasteiger partial charge >= 0.3 is 11.9 Å². The number of carbonyl (C=O) groups is 2. The van der Waals surface area contributed by atoms with E-state index in [2.05, 4.69) is 0 Å². The lowest BCUT2D eigenvalue weighted by Crippen LogP contribution is -2.51. The van der Waals surface area contributed by atoms with Crippen molar-refractivity contribution in [2.24, 2.45) is 46.6 Å². The average molecular weight is 871 g/mol. The van der Waals surface area contributed by atoms with Crippen LogP contribution in [0.5, 0.6) is 0 Å². The van der Waals surface area contributed by atoms with Crippen LogP contribution in [-0.2, 0) is 19.1 Å². The Bertz CT molecular complexity index is 1060. The van der Waals surface area contributed by atoms with E-state index in [0.717, 1.165) is 115 Å². The van der Waals surface area contributed by atoms with Crippen LogP contribution in [0.4, 0.5) is 0 Å². The quantitative estimate of drug-likeness (QED) is 0.0288. The minimum atomic E-state index is -0.820. The third-order valence-electron chi connectivity index (χ3n) is 16.4. The summed E-state index contributed by atoms with van der Waals surface area (Å²) in [5.41, 5.74) is 25.4. The highest BCUT2D eigenvalue weighted by Crippen LogP contribution is 2.38. The van der Waals surface area contributed by atoms with Crippen LogP contribution in [0.2, 0.25) is 0 Å². The normalized spacial score (nSPS) is 21.8. The molecule has 4 rings (SSSR count). The Morgan fingerprint density at radius 2 is 0.661 bits per heavy atom. The fourth-order valence-electron chi connectivity index (χ4n) is 12.2. The smallest absolute Gasteiger partial charge is 0.307 e. The maximum Gasteiger partial charge on any atom is 0.307 e. The third-order valence-corrected chi connectivity index (χ3v) is 16.4. The van der Waals surface area contributed by atoms with Crippen LogP contribution in [-0.4, -0.2) is 35.5 Å². The maximum absolute atomic E-state index is 13.1. The van der Waals surface area contributed by atoms with Gasteiger partial charge in [-0.25, -0.2) is 0 Å². The fourth-order valence-corrected chi connectivity index (χ4v) is 12.2. The highest BCUT2D eigenvalue weighted by Gasteiger charge is 2.40. The molecular formula is C54H102N4O4. The Labute approximate surface area is 382 Å². The molecule has 4 saturated carbocycles. The minimum absolute atomic E-state index is 0.122. The summed E-state index contributed by atoms with van der Waals surface area (Å²) in [6.45, 7) is 0. The summed E-state index contributed by atoms with van der Waals surface area (Å²) in [4.78, 5) is 26.3.